The molecule has 0 heterocycles. The maximum atomic E-state index is 5.05. The van der Waals surface area contributed by atoms with Crippen LogP contribution in [0.15, 0.2) is 30.3 Å². The summed E-state index contributed by atoms with van der Waals surface area (Å²) in [6, 6.07) is 10.1. The third kappa shape index (κ3) is 1.80. The summed E-state index contributed by atoms with van der Waals surface area (Å²) in [6.45, 7) is 2.02. The summed E-state index contributed by atoms with van der Waals surface area (Å²) in [4.78, 5) is 0. The molecule has 0 fully saturated rings. The van der Waals surface area contributed by atoms with Crippen LogP contribution in [0.25, 0.3) is 0 Å². The number of rotatable bonds is 2. The van der Waals surface area contributed by atoms with E-state index in [2.05, 4.69) is 21.6 Å². The van der Waals surface area contributed by atoms with Crippen LogP contribution in [-0.2, 0) is 4.52 Å². The quantitative estimate of drug-likeness (QED) is 0.595. The molecule has 0 amide bonds. The monoisotopic (exact) mass is 154 g/mol. The third-order valence-corrected chi connectivity index (χ3v) is 1.88. The molecule has 2 unspecified atom stereocenters. The molecule has 0 aliphatic heterocycles. The van der Waals surface area contributed by atoms with Gasteiger partial charge in [-0.2, -0.15) is 0 Å². The maximum absolute atomic E-state index is 5.05. The van der Waals surface area contributed by atoms with Crippen molar-refractivity contribution in [2.24, 2.45) is 0 Å². The molecule has 0 aromatic heterocycles. The van der Waals surface area contributed by atoms with E-state index in [9.17, 15) is 0 Å². The van der Waals surface area contributed by atoms with Crippen molar-refractivity contribution >= 4 is 9.47 Å². The van der Waals surface area contributed by atoms with Crippen LogP contribution >= 0.6 is 9.47 Å². The van der Waals surface area contributed by atoms with Gasteiger partial charge in [-0.25, -0.2) is 0 Å². The van der Waals surface area contributed by atoms with E-state index in [1.54, 1.807) is 0 Å². The summed E-state index contributed by atoms with van der Waals surface area (Å²) < 4.78 is 5.05. The van der Waals surface area contributed by atoms with Crippen molar-refractivity contribution in [2.45, 2.75) is 13.0 Å². The number of hydrogen-bond donors (Lipinski definition) is 0. The first-order chi connectivity index (χ1) is 4.84. The van der Waals surface area contributed by atoms with E-state index in [4.69, 9.17) is 4.52 Å². The maximum Gasteiger partial charge on any atom is 0.0832 e. The zero-order valence-corrected chi connectivity index (χ0v) is 7.10. The zero-order chi connectivity index (χ0) is 7.40. The second-order valence-corrected chi connectivity index (χ2v) is 2.46. The average Bonchev–Trinajstić information content (AvgIpc) is 2.05. The van der Waals surface area contributed by atoms with E-state index in [-0.39, 0.29) is 6.10 Å². The van der Waals surface area contributed by atoms with Crippen LogP contribution in [0.5, 0.6) is 0 Å². The smallest absolute Gasteiger partial charge is 0.0832 e. The molecule has 0 N–H and O–H groups in total. The summed E-state index contributed by atoms with van der Waals surface area (Å²) in [6.07, 6.45) is 0.172. The Morgan fingerprint density at radius 3 is 2.40 bits per heavy atom. The minimum absolute atomic E-state index is 0.172. The van der Waals surface area contributed by atoms with E-state index < -0.39 is 0 Å². The molecule has 1 rings (SSSR count). The molecule has 54 valence electrons. The molecule has 0 spiro atoms. The van der Waals surface area contributed by atoms with Crippen molar-refractivity contribution < 1.29 is 4.52 Å². The van der Waals surface area contributed by atoms with Gasteiger partial charge in [-0.15, -0.1) is 0 Å². The summed E-state index contributed by atoms with van der Waals surface area (Å²) in [5.41, 5.74) is 1.21. The van der Waals surface area contributed by atoms with Gasteiger partial charge in [0.2, 0.25) is 0 Å². The standard InChI is InChI=1S/C8H11OP/c1-7(9-10)8-5-3-2-4-6-8/h2-7H,10H2,1H3. The van der Waals surface area contributed by atoms with Crippen LogP contribution in [0.4, 0.5) is 0 Å². The Balaban J connectivity index is 2.75. The number of hydrogen-bond acceptors (Lipinski definition) is 1. The van der Waals surface area contributed by atoms with E-state index in [0.717, 1.165) is 0 Å². The van der Waals surface area contributed by atoms with Gasteiger partial charge in [-0.3, -0.25) is 0 Å². The van der Waals surface area contributed by atoms with Crippen LogP contribution < -0.4 is 0 Å². The summed E-state index contributed by atoms with van der Waals surface area (Å²) >= 11 is 0. The lowest BCUT2D eigenvalue weighted by atomic mass is 10.1. The molecule has 0 aliphatic rings. The summed E-state index contributed by atoms with van der Waals surface area (Å²) in [7, 11) is 2.27. The molecule has 1 aromatic carbocycles. The van der Waals surface area contributed by atoms with Crippen molar-refractivity contribution in [1.82, 2.24) is 0 Å². The Morgan fingerprint density at radius 1 is 1.30 bits per heavy atom. The van der Waals surface area contributed by atoms with E-state index in [1.807, 2.05) is 25.1 Å². The minimum Gasteiger partial charge on any atom is -0.358 e. The normalized spacial score (nSPS) is 13.0. The zero-order valence-electron chi connectivity index (χ0n) is 5.95. The van der Waals surface area contributed by atoms with Gasteiger partial charge < -0.3 is 4.52 Å². The predicted molar refractivity (Wildman–Crippen MR) is 45.7 cm³/mol. The Bertz CT molecular complexity index is 186. The van der Waals surface area contributed by atoms with Crippen LogP contribution in [-0.4, -0.2) is 0 Å². The highest BCUT2D eigenvalue weighted by Crippen LogP contribution is 2.17. The largest absolute Gasteiger partial charge is 0.358 e. The Hall–Kier alpha value is -0.390. The highest BCUT2D eigenvalue weighted by Gasteiger charge is 1.99. The molecule has 1 nitrogen and oxygen atoms in total. The van der Waals surface area contributed by atoms with Crippen LogP contribution in [0, 0.1) is 0 Å². The van der Waals surface area contributed by atoms with Crippen LogP contribution in [0.3, 0.4) is 0 Å². The highest BCUT2D eigenvalue weighted by atomic mass is 31.0. The van der Waals surface area contributed by atoms with E-state index in [0.29, 0.717) is 0 Å². The molecule has 0 saturated carbocycles. The van der Waals surface area contributed by atoms with Crippen molar-refractivity contribution in [2.75, 3.05) is 0 Å². The second kappa shape index (κ2) is 3.70. The fraction of sp³-hybridized carbons (Fsp3) is 0.250. The van der Waals surface area contributed by atoms with Crippen molar-refractivity contribution in [3.05, 3.63) is 35.9 Å². The lowest BCUT2D eigenvalue weighted by Gasteiger charge is -2.07. The van der Waals surface area contributed by atoms with Crippen molar-refractivity contribution in [3.8, 4) is 0 Å². The van der Waals surface area contributed by atoms with Gasteiger partial charge in [0.15, 0.2) is 0 Å². The van der Waals surface area contributed by atoms with Crippen LogP contribution in [0.2, 0.25) is 0 Å². The first-order valence-electron chi connectivity index (χ1n) is 3.25. The Morgan fingerprint density at radius 2 is 1.90 bits per heavy atom. The second-order valence-electron chi connectivity index (χ2n) is 2.19. The fourth-order valence-electron chi connectivity index (χ4n) is 0.803. The third-order valence-electron chi connectivity index (χ3n) is 1.47. The van der Waals surface area contributed by atoms with E-state index in [1.165, 1.54) is 5.56 Å². The molecule has 2 atom stereocenters. The van der Waals surface area contributed by atoms with Crippen molar-refractivity contribution in [3.63, 3.8) is 0 Å². The Labute approximate surface area is 63.7 Å². The summed E-state index contributed by atoms with van der Waals surface area (Å²) in [5, 5.41) is 0. The lowest BCUT2D eigenvalue weighted by Crippen LogP contribution is -1.89. The molecule has 2 heteroatoms. The van der Waals surface area contributed by atoms with Crippen LogP contribution in [0.1, 0.15) is 18.6 Å². The Kier molecular flexibility index (Phi) is 2.85. The molecule has 0 radical (unpaired) electrons. The first kappa shape index (κ1) is 7.71. The molecule has 0 bridgehead atoms. The molecular weight excluding hydrogens is 143 g/mol. The van der Waals surface area contributed by atoms with Gasteiger partial charge in [-0.05, 0) is 12.5 Å². The van der Waals surface area contributed by atoms with Gasteiger partial charge in [-0.1, -0.05) is 30.3 Å². The number of benzene rings is 1. The molecule has 10 heavy (non-hydrogen) atoms. The predicted octanol–water partition coefficient (Wildman–Crippen LogP) is 2.55. The van der Waals surface area contributed by atoms with E-state index >= 15 is 0 Å². The molecule has 0 aliphatic carbocycles. The fourth-order valence-corrected chi connectivity index (χ4v) is 0.960. The highest BCUT2D eigenvalue weighted by molar-refractivity contribution is 7.09. The van der Waals surface area contributed by atoms with Crippen molar-refractivity contribution in [1.29, 1.82) is 0 Å². The first-order valence-corrected chi connectivity index (χ1v) is 3.72. The van der Waals surface area contributed by atoms with Gasteiger partial charge in [0.1, 0.15) is 0 Å². The topological polar surface area (TPSA) is 9.23 Å². The minimum atomic E-state index is 0.172. The average molecular weight is 154 g/mol. The van der Waals surface area contributed by atoms with Gasteiger partial charge >= 0.3 is 0 Å². The molecule has 0 saturated heterocycles. The van der Waals surface area contributed by atoms with Gasteiger partial charge in [0, 0.05) is 9.47 Å². The molecule has 1 aromatic rings. The summed E-state index contributed by atoms with van der Waals surface area (Å²) in [5.74, 6) is 0. The SMILES string of the molecule is CC(OP)c1ccccc1. The van der Waals surface area contributed by atoms with Gasteiger partial charge in [0.05, 0.1) is 6.10 Å². The lowest BCUT2D eigenvalue weighted by molar-refractivity contribution is 0.270. The van der Waals surface area contributed by atoms with Gasteiger partial charge in [0.25, 0.3) is 0 Å². The molecular formula is C8H11OP.